The van der Waals surface area contributed by atoms with Crippen LogP contribution < -0.4 is 0 Å². The Kier molecular flexibility index (Phi) is 4.47. The molecule has 1 unspecified atom stereocenters. The quantitative estimate of drug-likeness (QED) is 0.789. The Labute approximate surface area is 140 Å². The highest BCUT2D eigenvalue weighted by molar-refractivity contribution is 6.36. The van der Waals surface area contributed by atoms with Gasteiger partial charge in [0.2, 0.25) is 11.8 Å². The van der Waals surface area contributed by atoms with Crippen molar-refractivity contribution in [1.29, 1.82) is 0 Å². The van der Waals surface area contributed by atoms with Crippen LogP contribution in [0.25, 0.3) is 0 Å². The highest BCUT2D eigenvalue weighted by Crippen LogP contribution is 2.34. The van der Waals surface area contributed by atoms with Gasteiger partial charge >= 0.3 is 5.97 Å². The van der Waals surface area contributed by atoms with Crippen LogP contribution in [0.2, 0.25) is 0 Å². The van der Waals surface area contributed by atoms with E-state index in [2.05, 4.69) is 5.16 Å². The molecule has 2 saturated heterocycles. The Morgan fingerprint density at radius 3 is 2.50 bits per heavy atom. The minimum absolute atomic E-state index is 0.0269. The van der Waals surface area contributed by atoms with Crippen molar-refractivity contribution in [1.82, 2.24) is 9.80 Å². The summed E-state index contributed by atoms with van der Waals surface area (Å²) in [6.07, 6.45) is 3.09. The molecule has 2 amide bonds. The van der Waals surface area contributed by atoms with Gasteiger partial charge in [0.15, 0.2) is 11.3 Å². The predicted molar refractivity (Wildman–Crippen MR) is 84.3 cm³/mol. The van der Waals surface area contributed by atoms with Crippen molar-refractivity contribution in [2.75, 3.05) is 26.2 Å². The maximum absolute atomic E-state index is 12.8. The van der Waals surface area contributed by atoms with Gasteiger partial charge in [-0.2, -0.15) is 0 Å². The molecule has 3 rings (SSSR count). The summed E-state index contributed by atoms with van der Waals surface area (Å²) in [4.78, 5) is 44.2. The molecule has 0 radical (unpaired) electrons. The van der Waals surface area contributed by atoms with Crippen molar-refractivity contribution >= 4 is 23.5 Å². The highest BCUT2D eigenvalue weighted by atomic mass is 16.7. The van der Waals surface area contributed by atoms with Crippen molar-refractivity contribution < 1.29 is 24.3 Å². The van der Waals surface area contributed by atoms with Gasteiger partial charge in [-0.3, -0.25) is 9.59 Å². The number of likely N-dealkylation sites (tertiary alicyclic amines) is 2. The summed E-state index contributed by atoms with van der Waals surface area (Å²) in [7, 11) is 0. The number of nitrogens with zero attached hydrogens (tertiary/aromatic N) is 3. The summed E-state index contributed by atoms with van der Waals surface area (Å²) in [5, 5.41) is 12.7. The fourth-order valence-electron chi connectivity index (χ4n) is 3.84. The van der Waals surface area contributed by atoms with Crippen molar-refractivity contribution in [3.63, 3.8) is 0 Å². The molecule has 8 heteroatoms. The summed E-state index contributed by atoms with van der Waals surface area (Å²) >= 11 is 0. The molecule has 3 aliphatic heterocycles. The van der Waals surface area contributed by atoms with Crippen LogP contribution in [0.3, 0.4) is 0 Å². The second kappa shape index (κ2) is 6.41. The number of hydrogen-bond donors (Lipinski definition) is 1. The zero-order chi connectivity index (χ0) is 17.3. The third-order valence-corrected chi connectivity index (χ3v) is 5.23. The topological polar surface area (TPSA) is 99.5 Å². The van der Waals surface area contributed by atoms with Crippen molar-refractivity contribution in [3.05, 3.63) is 0 Å². The molecular formula is C16H23N3O5. The Hall–Kier alpha value is -2.12. The highest BCUT2D eigenvalue weighted by Gasteiger charge is 2.46. The lowest BCUT2D eigenvalue weighted by Crippen LogP contribution is -2.53. The number of carbonyl (C=O) groups is 3. The molecule has 132 valence electrons. The summed E-state index contributed by atoms with van der Waals surface area (Å²) < 4.78 is 0. The number of amides is 2. The molecule has 0 aromatic carbocycles. The van der Waals surface area contributed by atoms with E-state index in [4.69, 9.17) is 9.94 Å². The first kappa shape index (κ1) is 16.7. The van der Waals surface area contributed by atoms with E-state index in [1.54, 1.807) is 16.7 Å². The lowest BCUT2D eigenvalue weighted by Gasteiger charge is -2.40. The molecule has 0 saturated carbocycles. The standard InChI is InChI=1S/C16H23N3O5/c1-11(20)18-7-3-12(4-8-18)14(21)19-6-2-5-16(10-19)9-13(15(22)23)17-24-16/h12H,2-10H2,1H3,(H,22,23). The van der Waals surface area contributed by atoms with Crippen LogP contribution in [0.1, 0.15) is 39.0 Å². The van der Waals surface area contributed by atoms with Crippen LogP contribution in [0.5, 0.6) is 0 Å². The number of oxime groups is 1. The zero-order valence-electron chi connectivity index (χ0n) is 13.9. The van der Waals surface area contributed by atoms with E-state index in [0.29, 0.717) is 45.4 Å². The summed E-state index contributed by atoms with van der Waals surface area (Å²) in [6.45, 7) is 3.84. The Bertz CT molecular complexity index is 582. The van der Waals surface area contributed by atoms with Gasteiger partial charge in [-0.1, -0.05) is 5.16 Å². The fourth-order valence-corrected chi connectivity index (χ4v) is 3.84. The second-order valence-electron chi connectivity index (χ2n) is 6.94. The molecule has 2 fully saturated rings. The maximum atomic E-state index is 12.8. The van der Waals surface area contributed by atoms with E-state index in [-0.39, 0.29) is 29.9 Å². The van der Waals surface area contributed by atoms with Gasteiger partial charge in [0.25, 0.3) is 0 Å². The number of piperidine rings is 2. The number of aliphatic carboxylic acids is 1. The minimum Gasteiger partial charge on any atom is -0.477 e. The van der Waals surface area contributed by atoms with Crippen molar-refractivity contribution in [2.45, 2.75) is 44.6 Å². The van der Waals surface area contributed by atoms with Crippen LogP contribution in [0.15, 0.2) is 5.16 Å². The van der Waals surface area contributed by atoms with Crippen LogP contribution in [-0.2, 0) is 19.2 Å². The molecule has 0 bridgehead atoms. The molecule has 1 spiro atoms. The number of carboxylic acid groups (broad SMARTS) is 1. The van der Waals surface area contributed by atoms with Gasteiger partial charge in [0, 0.05) is 38.9 Å². The third-order valence-electron chi connectivity index (χ3n) is 5.23. The molecule has 1 N–H and O–H groups in total. The summed E-state index contributed by atoms with van der Waals surface area (Å²) in [5.74, 6) is -0.996. The van der Waals surface area contributed by atoms with E-state index in [9.17, 15) is 14.4 Å². The van der Waals surface area contributed by atoms with Crippen LogP contribution in [0, 0.1) is 5.92 Å². The normalized spacial score (nSPS) is 27.8. The average molecular weight is 337 g/mol. The lowest BCUT2D eigenvalue weighted by molar-refractivity contribution is -0.147. The van der Waals surface area contributed by atoms with Gasteiger partial charge in [-0.25, -0.2) is 4.79 Å². The minimum atomic E-state index is -1.06. The number of carbonyl (C=O) groups excluding carboxylic acids is 2. The molecule has 0 aromatic heterocycles. The number of hydrogen-bond acceptors (Lipinski definition) is 5. The van der Waals surface area contributed by atoms with Gasteiger partial charge < -0.3 is 19.7 Å². The maximum Gasteiger partial charge on any atom is 0.353 e. The van der Waals surface area contributed by atoms with Gasteiger partial charge in [0.1, 0.15) is 0 Å². The fraction of sp³-hybridized carbons (Fsp3) is 0.750. The van der Waals surface area contributed by atoms with Crippen LogP contribution in [0.4, 0.5) is 0 Å². The van der Waals surface area contributed by atoms with Gasteiger partial charge in [0.05, 0.1) is 6.54 Å². The van der Waals surface area contributed by atoms with E-state index >= 15 is 0 Å². The van der Waals surface area contributed by atoms with Crippen LogP contribution in [-0.4, -0.2) is 70.2 Å². The Morgan fingerprint density at radius 1 is 1.21 bits per heavy atom. The molecule has 24 heavy (non-hydrogen) atoms. The van der Waals surface area contributed by atoms with E-state index in [1.807, 2.05) is 0 Å². The monoisotopic (exact) mass is 337 g/mol. The van der Waals surface area contributed by atoms with Gasteiger partial charge in [-0.05, 0) is 25.7 Å². The van der Waals surface area contributed by atoms with Crippen molar-refractivity contribution in [3.8, 4) is 0 Å². The predicted octanol–water partition coefficient (Wildman–Crippen LogP) is 0.467. The Morgan fingerprint density at radius 2 is 1.92 bits per heavy atom. The first-order valence-electron chi connectivity index (χ1n) is 8.43. The smallest absolute Gasteiger partial charge is 0.353 e. The summed E-state index contributed by atoms with van der Waals surface area (Å²) in [5.41, 5.74) is -0.652. The lowest BCUT2D eigenvalue weighted by atomic mass is 9.86. The van der Waals surface area contributed by atoms with Gasteiger partial charge in [-0.15, -0.1) is 0 Å². The molecule has 1 atom stereocenters. The van der Waals surface area contributed by atoms with Crippen LogP contribution >= 0.6 is 0 Å². The first-order valence-corrected chi connectivity index (χ1v) is 8.43. The number of rotatable bonds is 2. The SMILES string of the molecule is CC(=O)N1CCC(C(=O)N2CCCC3(CC(C(=O)O)=NO3)C2)CC1. The van der Waals surface area contributed by atoms with E-state index in [1.165, 1.54) is 0 Å². The second-order valence-corrected chi connectivity index (χ2v) is 6.94. The third kappa shape index (κ3) is 3.22. The Balaban J connectivity index is 1.59. The molecule has 3 aliphatic rings. The molecular weight excluding hydrogens is 314 g/mol. The molecule has 3 heterocycles. The summed E-state index contributed by atoms with van der Waals surface area (Å²) in [6, 6.07) is 0. The molecule has 8 nitrogen and oxygen atoms in total. The molecule has 0 aromatic rings. The average Bonchev–Trinajstić information content (AvgIpc) is 2.98. The first-order chi connectivity index (χ1) is 11.4. The van der Waals surface area contributed by atoms with E-state index < -0.39 is 11.6 Å². The molecule has 0 aliphatic carbocycles. The zero-order valence-corrected chi connectivity index (χ0v) is 13.9. The number of carboxylic acids is 1. The largest absolute Gasteiger partial charge is 0.477 e. The van der Waals surface area contributed by atoms with Crippen molar-refractivity contribution in [2.24, 2.45) is 11.1 Å². The van der Waals surface area contributed by atoms with E-state index in [0.717, 1.165) is 6.42 Å².